The smallest absolute Gasteiger partial charge is 0.335 e. The van der Waals surface area contributed by atoms with Crippen molar-refractivity contribution in [3.05, 3.63) is 118 Å². The number of ether oxygens (including phenoxy) is 3. The number of aliphatic carboxylic acids is 1. The molecule has 4 aromatic carbocycles. The van der Waals surface area contributed by atoms with Gasteiger partial charge in [-0.15, -0.1) is 0 Å². The number of carbonyl (C=O) groups excluding carboxylic acids is 1. The van der Waals surface area contributed by atoms with Crippen molar-refractivity contribution in [2.75, 3.05) is 19.5 Å². The van der Waals surface area contributed by atoms with Crippen molar-refractivity contribution in [1.29, 1.82) is 0 Å². The first kappa shape index (κ1) is 34.0. The lowest BCUT2D eigenvalue weighted by Crippen LogP contribution is -2.33. The van der Waals surface area contributed by atoms with E-state index in [4.69, 9.17) is 24.4 Å². The second-order valence-corrected chi connectivity index (χ2v) is 10.8. The molecule has 0 spiro atoms. The molecular formula is C36H35NO10. The third-order valence-electron chi connectivity index (χ3n) is 7.75. The standard InChI is InChI=1S/C27H27NO6.C9H8O4/c1-32-24-11-8-18(13-25(24)33-2)12-23(29)27-21(15-26(30)31)20-14-19(9-10-22(20)28-27)34-16-17-6-4-3-5-7-17;1-5-6(8(10)11)3-2-4-7(5)9(12)13/h3-11,13-14,21,27-28H,12,15-16H2,1-2H3,(H,30,31);2-4H,1H3,(H,10,11)(H,12,13). The Morgan fingerprint density at radius 1 is 0.745 bits per heavy atom. The molecule has 2 atom stereocenters. The Balaban J connectivity index is 0.000000323. The summed E-state index contributed by atoms with van der Waals surface area (Å²) in [4.78, 5) is 46.1. The highest BCUT2D eigenvalue weighted by Crippen LogP contribution is 2.41. The Morgan fingerprint density at radius 2 is 1.40 bits per heavy atom. The molecule has 5 rings (SSSR count). The molecule has 0 radical (unpaired) electrons. The van der Waals surface area contributed by atoms with E-state index in [0.29, 0.717) is 23.9 Å². The Kier molecular flexibility index (Phi) is 11.2. The molecule has 0 aromatic heterocycles. The second-order valence-electron chi connectivity index (χ2n) is 10.8. The van der Waals surface area contributed by atoms with Gasteiger partial charge in [-0.1, -0.05) is 42.5 Å². The molecule has 0 saturated heterocycles. The van der Waals surface area contributed by atoms with Crippen molar-refractivity contribution in [2.24, 2.45) is 0 Å². The Labute approximate surface area is 271 Å². The van der Waals surface area contributed by atoms with Crippen LogP contribution in [0.25, 0.3) is 0 Å². The van der Waals surface area contributed by atoms with E-state index in [1.807, 2.05) is 54.6 Å². The minimum absolute atomic E-state index is 0.0277. The maximum absolute atomic E-state index is 13.3. The first-order valence-electron chi connectivity index (χ1n) is 14.6. The minimum Gasteiger partial charge on any atom is -0.493 e. The van der Waals surface area contributed by atoms with Crippen molar-refractivity contribution in [2.45, 2.75) is 38.3 Å². The van der Waals surface area contributed by atoms with Gasteiger partial charge in [-0.3, -0.25) is 9.59 Å². The Hall–Kier alpha value is -5.84. The third kappa shape index (κ3) is 8.46. The summed E-state index contributed by atoms with van der Waals surface area (Å²) in [5.74, 6) is -2.02. The molecule has 0 bridgehead atoms. The molecule has 4 aromatic rings. The number of carboxylic acids is 3. The maximum Gasteiger partial charge on any atom is 0.335 e. The van der Waals surface area contributed by atoms with Gasteiger partial charge in [-0.25, -0.2) is 9.59 Å². The van der Waals surface area contributed by atoms with E-state index >= 15 is 0 Å². The predicted octanol–water partition coefficient (Wildman–Crippen LogP) is 5.84. The zero-order valence-corrected chi connectivity index (χ0v) is 26.1. The van der Waals surface area contributed by atoms with Gasteiger partial charge in [0.2, 0.25) is 0 Å². The average molecular weight is 642 g/mol. The summed E-state index contributed by atoms with van der Waals surface area (Å²) in [6.45, 7) is 1.88. The molecule has 1 aliphatic rings. The van der Waals surface area contributed by atoms with Gasteiger partial charge in [0, 0.05) is 18.0 Å². The van der Waals surface area contributed by atoms with E-state index in [9.17, 15) is 24.3 Å². The van der Waals surface area contributed by atoms with Crippen LogP contribution in [0, 0.1) is 6.92 Å². The van der Waals surface area contributed by atoms with Crippen LogP contribution in [0.4, 0.5) is 5.69 Å². The lowest BCUT2D eigenvalue weighted by atomic mass is 9.87. The fraction of sp³-hybridized carbons (Fsp3) is 0.222. The zero-order valence-electron chi connectivity index (χ0n) is 26.1. The van der Waals surface area contributed by atoms with Crippen LogP contribution in [0.15, 0.2) is 84.9 Å². The molecular weight excluding hydrogens is 606 g/mol. The number of carboxylic acid groups (broad SMARTS) is 3. The topological polar surface area (TPSA) is 169 Å². The van der Waals surface area contributed by atoms with Gasteiger partial charge in [0.1, 0.15) is 12.4 Å². The fourth-order valence-corrected chi connectivity index (χ4v) is 5.38. The number of methoxy groups -OCH3 is 2. The number of aromatic carboxylic acids is 2. The number of hydrogen-bond acceptors (Lipinski definition) is 8. The molecule has 0 fully saturated rings. The second kappa shape index (κ2) is 15.4. The van der Waals surface area contributed by atoms with Gasteiger partial charge in [0.15, 0.2) is 17.3 Å². The summed E-state index contributed by atoms with van der Waals surface area (Å²) in [5, 5.41) is 30.1. The molecule has 0 amide bonds. The van der Waals surface area contributed by atoms with Gasteiger partial charge in [-0.2, -0.15) is 0 Å². The van der Waals surface area contributed by atoms with E-state index in [2.05, 4.69) is 5.32 Å². The van der Waals surface area contributed by atoms with Gasteiger partial charge in [-0.05, 0) is 71.6 Å². The zero-order chi connectivity index (χ0) is 34.1. The van der Waals surface area contributed by atoms with Crippen LogP contribution < -0.4 is 19.5 Å². The Morgan fingerprint density at radius 3 is 2.00 bits per heavy atom. The highest BCUT2D eigenvalue weighted by atomic mass is 16.5. The van der Waals surface area contributed by atoms with Gasteiger partial charge in [0.05, 0.1) is 37.8 Å². The van der Waals surface area contributed by atoms with Crippen LogP contribution in [0.1, 0.15) is 55.3 Å². The SMILES string of the molecule is COc1ccc(CC(=O)C2Nc3ccc(OCc4ccccc4)cc3C2CC(=O)O)cc1OC.Cc1c(C(=O)O)cccc1C(=O)O. The number of nitrogens with one attached hydrogen (secondary N) is 1. The van der Waals surface area contributed by atoms with Crippen molar-refractivity contribution in [3.63, 3.8) is 0 Å². The number of Topliss-reactive ketones (excluding diaryl/α,β-unsaturated/α-hetero) is 1. The van der Waals surface area contributed by atoms with Crippen LogP contribution in [0.2, 0.25) is 0 Å². The molecule has 11 heteroatoms. The number of anilines is 1. The van der Waals surface area contributed by atoms with E-state index in [1.54, 1.807) is 26.4 Å². The molecule has 11 nitrogen and oxygen atoms in total. The summed E-state index contributed by atoms with van der Waals surface area (Å²) in [5.41, 5.74) is 3.66. The number of carbonyl (C=O) groups is 4. The van der Waals surface area contributed by atoms with Crippen LogP contribution >= 0.6 is 0 Å². The first-order chi connectivity index (χ1) is 22.5. The number of ketones is 1. The van der Waals surface area contributed by atoms with Crippen molar-refractivity contribution < 1.29 is 48.7 Å². The van der Waals surface area contributed by atoms with E-state index in [-0.39, 0.29) is 35.3 Å². The van der Waals surface area contributed by atoms with E-state index < -0.39 is 29.9 Å². The Bertz CT molecular complexity index is 1740. The molecule has 1 aliphatic heterocycles. The molecule has 0 saturated carbocycles. The average Bonchev–Trinajstić information content (AvgIpc) is 3.41. The lowest BCUT2D eigenvalue weighted by Gasteiger charge is -2.18. The lowest BCUT2D eigenvalue weighted by molar-refractivity contribution is -0.137. The van der Waals surface area contributed by atoms with Crippen LogP contribution in [-0.2, 0) is 22.6 Å². The third-order valence-corrected chi connectivity index (χ3v) is 7.75. The number of rotatable bonds is 12. The predicted molar refractivity (Wildman–Crippen MR) is 173 cm³/mol. The minimum atomic E-state index is -1.11. The molecule has 47 heavy (non-hydrogen) atoms. The monoisotopic (exact) mass is 641 g/mol. The highest BCUT2D eigenvalue weighted by molar-refractivity contribution is 5.96. The number of fused-ring (bicyclic) bond motifs is 1. The van der Waals surface area contributed by atoms with Gasteiger partial charge in [0.25, 0.3) is 0 Å². The number of benzene rings is 4. The quantitative estimate of drug-likeness (QED) is 0.147. The van der Waals surface area contributed by atoms with Crippen LogP contribution in [0.5, 0.6) is 17.2 Å². The van der Waals surface area contributed by atoms with Crippen molar-refractivity contribution in [3.8, 4) is 17.2 Å². The molecule has 2 unspecified atom stereocenters. The highest BCUT2D eigenvalue weighted by Gasteiger charge is 2.38. The molecule has 244 valence electrons. The van der Waals surface area contributed by atoms with E-state index in [1.165, 1.54) is 25.1 Å². The molecule has 0 aliphatic carbocycles. The summed E-state index contributed by atoms with van der Waals surface area (Å²) in [7, 11) is 3.09. The van der Waals surface area contributed by atoms with Crippen molar-refractivity contribution in [1.82, 2.24) is 0 Å². The summed E-state index contributed by atoms with van der Waals surface area (Å²) < 4.78 is 16.5. The molecule has 1 heterocycles. The largest absolute Gasteiger partial charge is 0.493 e. The normalized spacial score (nSPS) is 14.4. The van der Waals surface area contributed by atoms with Crippen LogP contribution in [0.3, 0.4) is 0 Å². The summed E-state index contributed by atoms with van der Waals surface area (Å²) in [6, 6.07) is 24.1. The van der Waals surface area contributed by atoms with Gasteiger partial charge < -0.3 is 34.8 Å². The van der Waals surface area contributed by atoms with Crippen LogP contribution in [-0.4, -0.2) is 59.3 Å². The summed E-state index contributed by atoms with van der Waals surface area (Å²) >= 11 is 0. The number of hydrogen-bond donors (Lipinski definition) is 4. The van der Waals surface area contributed by atoms with Gasteiger partial charge >= 0.3 is 17.9 Å². The molecule has 4 N–H and O–H groups in total. The first-order valence-corrected chi connectivity index (χ1v) is 14.6. The fourth-order valence-electron chi connectivity index (χ4n) is 5.38. The van der Waals surface area contributed by atoms with Crippen molar-refractivity contribution >= 4 is 29.4 Å². The maximum atomic E-state index is 13.3. The van der Waals surface area contributed by atoms with E-state index in [0.717, 1.165) is 22.4 Å². The summed E-state index contributed by atoms with van der Waals surface area (Å²) in [6.07, 6.45) is -0.0238.